The van der Waals surface area contributed by atoms with E-state index in [1.54, 1.807) is 12.1 Å². The minimum Gasteiger partial charge on any atom is -0.486 e. The van der Waals surface area contributed by atoms with Crippen molar-refractivity contribution in [2.24, 2.45) is 0 Å². The summed E-state index contributed by atoms with van der Waals surface area (Å²) in [5, 5.41) is 0.216. The van der Waals surface area contributed by atoms with E-state index in [1.165, 1.54) is 30.3 Å². The predicted molar refractivity (Wildman–Crippen MR) is 86.7 cm³/mol. The molecule has 2 aromatic carbocycles. The fraction of sp³-hybridized carbons (Fsp3) is 0.133. The lowest BCUT2D eigenvalue weighted by Gasteiger charge is -2.19. The van der Waals surface area contributed by atoms with Crippen LogP contribution in [0.5, 0.6) is 11.5 Å². The second kappa shape index (κ2) is 6.68. The van der Waals surface area contributed by atoms with E-state index >= 15 is 0 Å². The molecule has 126 valence electrons. The van der Waals surface area contributed by atoms with Gasteiger partial charge < -0.3 is 9.47 Å². The highest BCUT2D eigenvalue weighted by Gasteiger charge is 2.20. The molecule has 7 nitrogen and oxygen atoms in total. The summed E-state index contributed by atoms with van der Waals surface area (Å²) in [5.74, 6) is 0.142. The van der Waals surface area contributed by atoms with Crippen LogP contribution in [0, 0.1) is 0 Å². The number of hydrazine groups is 1. The first-order valence-corrected chi connectivity index (χ1v) is 8.80. The monoisotopic (exact) mass is 368 g/mol. The number of hydrogen-bond donors (Lipinski definition) is 2. The first-order chi connectivity index (χ1) is 11.5. The van der Waals surface area contributed by atoms with Crippen molar-refractivity contribution in [3.63, 3.8) is 0 Å². The van der Waals surface area contributed by atoms with E-state index in [1.807, 2.05) is 4.83 Å². The highest BCUT2D eigenvalue weighted by atomic mass is 35.5. The Morgan fingerprint density at radius 2 is 1.75 bits per heavy atom. The fourth-order valence-electron chi connectivity index (χ4n) is 2.08. The van der Waals surface area contributed by atoms with Gasteiger partial charge in [0.25, 0.3) is 15.9 Å². The quantitative estimate of drug-likeness (QED) is 0.802. The van der Waals surface area contributed by atoms with E-state index < -0.39 is 15.9 Å². The number of ether oxygens (including phenoxy) is 2. The minimum absolute atomic E-state index is 0.0637. The van der Waals surface area contributed by atoms with E-state index in [2.05, 4.69) is 5.43 Å². The highest BCUT2D eigenvalue weighted by molar-refractivity contribution is 7.89. The molecule has 0 fully saturated rings. The molecule has 9 heteroatoms. The van der Waals surface area contributed by atoms with Gasteiger partial charge in [0.2, 0.25) is 0 Å². The normalized spacial score (nSPS) is 13.4. The summed E-state index contributed by atoms with van der Waals surface area (Å²) in [6.07, 6.45) is 0. The lowest BCUT2D eigenvalue weighted by Crippen LogP contribution is -2.41. The molecular weight excluding hydrogens is 356 g/mol. The molecule has 0 aromatic heterocycles. The molecule has 0 saturated carbocycles. The van der Waals surface area contributed by atoms with Gasteiger partial charge >= 0.3 is 0 Å². The Bertz CT molecular complexity index is 885. The Morgan fingerprint density at radius 3 is 2.50 bits per heavy atom. The van der Waals surface area contributed by atoms with Gasteiger partial charge in [-0.05, 0) is 24.3 Å². The summed E-state index contributed by atoms with van der Waals surface area (Å²) in [6.45, 7) is 0.748. The zero-order chi connectivity index (χ0) is 17.2. The maximum absolute atomic E-state index is 12.3. The van der Waals surface area contributed by atoms with Gasteiger partial charge in [0, 0.05) is 6.07 Å². The molecule has 1 heterocycles. The van der Waals surface area contributed by atoms with Gasteiger partial charge in [-0.25, -0.2) is 8.42 Å². The standard InChI is InChI=1S/C15H13ClN2O5S/c16-12-4-2-1-3-11(12)15(19)17-18-24(20,21)10-5-6-13-14(9-10)23-8-7-22-13/h1-6,9,18H,7-8H2,(H,17,19). The molecule has 0 unspecified atom stereocenters. The van der Waals surface area contributed by atoms with Crippen LogP contribution in [0.3, 0.4) is 0 Å². The van der Waals surface area contributed by atoms with Gasteiger partial charge in [0.05, 0.1) is 15.5 Å². The van der Waals surface area contributed by atoms with Crippen molar-refractivity contribution in [2.75, 3.05) is 13.2 Å². The number of benzene rings is 2. The van der Waals surface area contributed by atoms with Crippen LogP contribution < -0.4 is 19.7 Å². The zero-order valence-electron chi connectivity index (χ0n) is 12.3. The number of fused-ring (bicyclic) bond motifs is 1. The Labute approximate surface area is 143 Å². The lowest BCUT2D eigenvalue weighted by atomic mass is 10.2. The van der Waals surface area contributed by atoms with Crippen molar-refractivity contribution >= 4 is 27.5 Å². The van der Waals surface area contributed by atoms with E-state index in [4.69, 9.17) is 21.1 Å². The third-order valence-electron chi connectivity index (χ3n) is 3.24. The van der Waals surface area contributed by atoms with Crippen LogP contribution in [0.15, 0.2) is 47.4 Å². The molecule has 3 rings (SSSR count). The molecule has 0 bridgehead atoms. The van der Waals surface area contributed by atoms with Crippen molar-refractivity contribution < 1.29 is 22.7 Å². The molecule has 1 amide bonds. The zero-order valence-corrected chi connectivity index (χ0v) is 13.9. The summed E-state index contributed by atoms with van der Waals surface area (Å²) < 4.78 is 35.3. The Kier molecular flexibility index (Phi) is 4.61. The van der Waals surface area contributed by atoms with Crippen LogP contribution in [0.4, 0.5) is 0 Å². The SMILES string of the molecule is O=C(NNS(=O)(=O)c1ccc2c(c1)OCCO2)c1ccccc1Cl. The number of carbonyl (C=O) groups excluding carboxylic acids is 1. The number of nitrogens with one attached hydrogen (secondary N) is 2. The maximum atomic E-state index is 12.3. The highest BCUT2D eigenvalue weighted by Crippen LogP contribution is 2.32. The molecule has 1 aliphatic rings. The Hall–Kier alpha value is -2.29. The first-order valence-electron chi connectivity index (χ1n) is 6.94. The summed E-state index contributed by atoms with van der Waals surface area (Å²) in [7, 11) is -3.97. The van der Waals surface area contributed by atoms with Crippen LogP contribution >= 0.6 is 11.6 Å². The minimum atomic E-state index is -3.97. The van der Waals surface area contributed by atoms with Gasteiger partial charge in [-0.3, -0.25) is 10.2 Å². The molecule has 2 N–H and O–H groups in total. The molecule has 0 aliphatic carbocycles. The molecule has 0 spiro atoms. The van der Waals surface area contributed by atoms with Crippen LogP contribution in [0.2, 0.25) is 5.02 Å². The topological polar surface area (TPSA) is 93.7 Å². The van der Waals surface area contributed by atoms with E-state index in [0.29, 0.717) is 24.7 Å². The van der Waals surface area contributed by atoms with Crippen LogP contribution in [0.25, 0.3) is 0 Å². The van der Waals surface area contributed by atoms with Crippen LogP contribution in [-0.4, -0.2) is 27.5 Å². The number of halogens is 1. The number of amides is 1. The van der Waals surface area contributed by atoms with Crippen molar-refractivity contribution in [2.45, 2.75) is 4.90 Å². The second-order valence-electron chi connectivity index (χ2n) is 4.84. The fourth-order valence-corrected chi connectivity index (χ4v) is 3.15. The van der Waals surface area contributed by atoms with Crippen molar-refractivity contribution in [1.29, 1.82) is 0 Å². The molecule has 2 aromatic rings. The Morgan fingerprint density at radius 1 is 1.04 bits per heavy atom. The average Bonchev–Trinajstić information content (AvgIpc) is 2.60. The number of rotatable bonds is 4. The Balaban J connectivity index is 1.75. The van der Waals surface area contributed by atoms with Gasteiger partial charge in [0.1, 0.15) is 13.2 Å². The van der Waals surface area contributed by atoms with E-state index in [0.717, 1.165) is 0 Å². The number of hydrogen-bond acceptors (Lipinski definition) is 5. The van der Waals surface area contributed by atoms with Crippen LogP contribution in [0.1, 0.15) is 10.4 Å². The number of sulfonamides is 1. The summed E-state index contributed by atoms with van der Waals surface area (Å²) >= 11 is 5.90. The molecular formula is C15H13ClN2O5S. The molecule has 24 heavy (non-hydrogen) atoms. The van der Waals surface area contributed by atoms with Crippen LogP contribution in [-0.2, 0) is 10.0 Å². The summed E-state index contributed by atoms with van der Waals surface area (Å²) in [4.78, 5) is 14.0. The lowest BCUT2D eigenvalue weighted by molar-refractivity contribution is 0.0945. The smallest absolute Gasteiger partial charge is 0.267 e. The third-order valence-corrected chi connectivity index (χ3v) is 4.82. The number of carbonyl (C=O) groups is 1. The first kappa shape index (κ1) is 16.6. The average molecular weight is 369 g/mol. The molecule has 0 saturated heterocycles. The van der Waals surface area contributed by atoms with Crippen molar-refractivity contribution in [3.05, 3.63) is 53.1 Å². The van der Waals surface area contributed by atoms with Gasteiger partial charge in [0.15, 0.2) is 11.5 Å². The largest absolute Gasteiger partial charge is 0.486 e. The van der Waals surface area contributed by atoms with E-state index in [-0.39, 0.29) is 15.5 Å². The van der Waals surface area contributed by atoms with Gasteiger partial charge in [-0.15, -0.1) is 4.83 Å². The maximum Gasteiger partial charge on any atom is 0.267 e. The molecule has 0 radical (unpaired) electrons. The van der Waals surface area contributed by atoms with Crippen molar-refractivity contribution in [1.82, 2.24) is 10.3 Å². The summed E-state index contributed by atoms with van der Waals surface area (Å²) in [6, 6.07) is 10.5. The van der Waals surface area contributed by atoms with E-state index in [9.17, 15) is 13.2 Å². The molecule has 0 atom stereocenters. The van der Waals surface area contributed by atoms with Crippen molar-refractivity contribution in [3.8, 4) is 11.5 Å². The second-order valence-corrected chi connectivity index (χ2v) is 6.93. The van der Waals surface area contributed by atoms with Gasteiger partial charge in [-0.1, -0.05) is 23.7 Å². The van der Waals surface area contributed by atoms with Gasteiger partial charge in [-0.2, -0.15) is 0 Å². The molecule has 1 aliphatic heterocycles. The summed E-state index contributed by atoms with van der Waals surface area (Å²) in [5.41, 5.74) is 2.28. The third kappa shape index (κ3) is 3.45. The predicted octanol–water partition coefficient (Wildman–Crippen LogP) is 1.73.